The molecule has 0 unspecified atom stereocenters. The number of hydrogen-bond acceptors (Lipinski definition) is 6. The number of methoxy groups -OCH3 is 1. The SMILES string of the molecule is COc1ccc2c(c1)CN(C(=O)Oc1ccc(N=O)cc1)CCS2. The van der Waals surface area contributed by atoms with Crippen molar-refractivity contribution < 1.29 is 14.3 Å². The zero-order chi connectivity index (χ0) is 16.9. The number of thioether (sulfide) groups is 1. The third-order valence-corrected chi connectivity index (χ3v) is 4.75. The summed E-state index contributed by atoms with van der Waals surface area (Å²) >= 11 is 1.71. The molecule has 0 N–H and O–H groups in total. The van der Waals surface area contributed by atoms with Crippen LogP contribution in [0.4, 0.5) is 10.5 Å². The molecule has 1 aliphatic heterocycles. The average molecular weight is 344 g/mol. The zero-order valence-corrected chi connectivity index (χ0v) is 13.9. The summed E-state index contributed by atoms with van der Waals surface area (Å²) in [5.41, 5.74) is 1.33. The highest BCUT2D eigenvalue weighted by molar-refractivity contribution is 7.99. The largest absolute Gasteiger partial charge is 0.497 e. The van der Waals surface area contributed by atoms with E-state index in [1.165, 1.54) is 12.1 Å². The third-order valence-electron chi connectivity index (χ3n) is 3.65. The van der Waals surface area contributed by atoms with E-state index in [4.69, 9.17) is 9.47 Å². The van der Waals surface area contributed by atoms with Gasteiger partial charge < -0.3 is 14.4 Å². The van der Waals surface area contributed by atoms with Crippen LogP contribution in [0.1, 0.15) is 5.56 Å². The van der Waals surface area contributed by atoms with E-state index < -0.39 is 6.09 Å². The van der Waals surface area contributed by atoms with E-state index in [-0.39, 0.29) is 0 Å². The van der Waals surface area contributed by atoms with E-state index in [0.717, 1.165) is 22.0 Å². The van der Waals surface area contributed by atoms with Crippen molar-refractivity contribution in [1.82, 2.24) is 4.90 Å². The summed E-state index contributed by atoms with van der Waals surface area (Å²) in [5.74, 6) is 1.94. The van der Waals surface area contributed by atoms with Crippen molar-refractivity contribution in [2.45, 2.75) is 11.4 Å². The van der Waals surface area contributed by atoms with Crippen LogP contribution < -0.4 is 9.47 Å². The van der Waals surface area contributed by atoms with Gasteiger partial charge in [0.25, 0.3) is 0 Å². The van der Waals surface area contributed by atoms with Crippen LogP contribution in [0.2, 0.25) is 0 Å². The van der Waals surface area contributed by atoms with E-state index in [1.807, 2.05) is 18.2 Å². The van der Waals surface area contributed by atoms with Gasteiger partial charge in [0.15, 0.2) is 0 Å². The van der Waals surface area contributed by atoms with Crippen molar-refractivity contribution in [3.8, 4) is 11.5 Å². The smallest absolute Gasteiger partial charge is 0.415 e. The minimum absolute atomic E-state index is 0.294. The fraction of sp³-hybridized carbons (Fsp3) is 0.235. The van der Waals surface area contributed by atoms with Crippen LogP contribution in [-0.2, 0) is 6.54 Å². The first-order valence-corrected chi connectivity index (χ1v) is 8.38. The lowest BCUT2D eigenvalue weighted by molar-refractivity contribution is 0.152. The number of nitroso groups, excluding NO2 is 1. The molecule has 0 saturated carbocycles. The summed E-state index contributed by atoms with van der Waals surface area (Å²) in [5, 5.41) is 2.82. The minimum atomic E-state index is -0.418. The van der Waals surface area contributed by atoms with Gasteiger partial charge in [-0.2, -0.15) is 0 Å². The molecule has 0 aliphatic carbocycles. The molecule has 0 fully saturated rings. The van der Waals surface area contributed by atoms with Crippen LogP contribution in [0.5, 0.6) is 11.5 Å². The molecule has 124 valence electrons. The molecule has 0 aromatic heterocycles. The number of hydrogen-bond donors (Lipinski definition) is 0. The Kier molecular flexibility index (Phi) is 5.00. The summed E-state index contributed by atoms with van der Waals surface area (Å²) in [6.07, 6.45) is -0.418. The molecule has 24 heavy (non-hydrogen) atoms. The van der Waals surface area contributed by atoms with Crippen LogP contribution in [0.3, 0.4) is 0 Å². The molecule has 1 heterocycles. The molecular weight excluding hydrogens is 328 g/mol. The molecule has 2 aromatic carbocycles. The molecule has 0 saturated heterocycles. The minimum Gasteiger partial charge on any atom is -0.497 e. The maximum absolute atomic E-state index is 12.4. The third kappa shape index (κ3) is 3.68. The fourth-order valence-corrected chi connectivity index (χ4v) is 3.40. The normalized spacial score (nSPS) is 13.6. The van der Waals surface area contributed by atoms with Crippen molar-refractivity contribution >= 4 is 23.5 Å². The molecule has 7 heteroatoms. The molecule has 3 rings (SSSR count). The molecule has 6 nitrogen and oxygen atoms in total. The van der Waals surface area contributed by atoms with Crippen molar-refractivity contribution in [2.24, 2.45) is 5.18 Å². The van der Waals surface area contributed by atoms with E-state index in [0.29, 0.717) is 24.5 Å². The summed E-state index contributed by atoms with van der Waals surface area (Å²) in [7, 11) is 1.62. The number of rotatable bonds is 3. The van der Waals surface area contributed by atoms with Gasteiger partial charge in [0.1, 0.15) is 17.2 Å². The molecule has 1 amide bonds. The van der Waals surface area contributed by atoms with Crippen LogP contribution in [-0.4, -0.2) is 30.4 Å². The Balaban J connectivity index is 1.73. The Bertz CT molecular complexity index is 749. The summed E-state index contributed by atoms with van der Waals surface area (Å²) < 4.78 is 10.6. The number of nitrogens with zero attached hydrogens (tertiary/aromatic N) is 2. The van der Waals surface area contributed by atoms with Gasteiger partial charge in [0.05, 0.1) is 13.7 Å². The lowest BCUT2D eigenvalue weighted by Gasteiger charge is -2.20. The number of carbonyl (C=O) groups is 1. The second-order valence-corrected chi connectivity index (χ2v) is 6.33. The van der Waals surface area contributed by atoms with Crippen molar-refractivity contribution in [3.63, 3.8) is 0 Å². The molecular formula is C17H16N2O4S. The topological polar surface area (TPSA) is 68.2 Å². The highest BCUT2D eigenvalue weighted by atomic mass is 32.2. The quantitative estimate of drug-likeness (QED) is 0.781. The summed E-state index contributed by atoms with van der Waals surface area (Å²) in [6.45, 7) is 1.06. The Labute approximate surface area is 143 Å². The monoisotopic (exact) mass is 344 g/mol. The van der Waals surface area contributed by atoms with Gasteiger partial charge in [0.2, 0.25) is 0 Å². The van der Waals surface area contributed by atoms with E-state index in [2.05, 4.69) is 5.18 Å². The standard InChI is InChI=1S/C17H16N2O4S/c1-22-15-6-7-16-12(10-15)11-19(8-9-24-16)17(20)23-14-4-2-13(18-21)3-5-14/h2-7,10H,8-9,11H2,1H3. The second kappa shape index (κ2) is 7.35. The lowest BCUT2D eigenvalue weighted by Crippen LogP contribution is -2.34. The van der Waals surface area contributed by atoms with Gasteiger partial charge in [-0.05, 0) is 53.2 Å². The molecule has 1 aliphatic rings. The molecule has 0 bridgehead atoms. The van der Waals surface area contributed by atoms with E-state index in [1.54, 1.807) is 35.9 Å². The molecule has 0 spiro atoms. The molecule has 0 atom stereocenters. The Morgan fingerprint density at radius 3 is 2.62 bits per heavy atom. The van der Waals surface area contributed by atoms with Gasteiger partial charge in [-0.15, -0.1) is 16.7 Å². The van der Waals surface area contributed by atoms with Crippen LogP contribution in [0, 0.1) is 4.91 Å². The molecule has 0 radical (unpaired) electrons. The first-order chi connectivity index (χ1) is 11.7. The fourth-order valence-electron chi connectivity index (χ4n) is 2.39. The predicted molar refractivity (Wildman–Crippen MR) is 92.0 cm³/mol. The van der Waals surface area contributed by atoms with Crippen molar-refractivity contribution in [2.75, 3.05) is 19.4 Å². The first-order valence-electron chi connectivity index (χ1n) is 7.39. The summed E-state index contributed by atoms with van der Waals surface area (Å²) in [6, 6.07) is 12.0. The molecule has 2 aromatic rings. The van der Waals surface area contributed by atoms with E-state index >= 15 is 0 Å². The van der Waals surface area contributed by atoms with Crippen LogP contribution >= 0.6 is 11.8 Å². The first kappa shape index (κ1) is 16.3. The summed E-state index contributed by atoms with van der Waals surface area (Å²) in [4.78, 5) is 25.6. The number of fused-ring (bicyclic) bond motifs is 1. The lowest BCUT2D eigenvalue weighted by atomic mass is 10.2. The van der Waals surface area contributed by atoms with Crippen LogP contribution in [0.15, 0.2) is 52.5 Å². The number of benzene rings is 2. The average Bonchev–Trinajstić information content (AvgIpc) is 2.84. The predicted octanol–water partition coefficient (Wildman–Crippen LogP) is 4.20. The van der Waals surface area contributed by atoms with Crippen molar-refractivity contribution in [1.29, 1.82) is 0 Å². The maximum atomic E-state index is 12.4. The highest BCUT2D eigenvalue weighted by Gasteiger charge is 2.21. The van der Waals surface area contributed by atoms with Gasteiger partial charge in [-0.3, -0.25) is 0 Å². The Hall–Kier alpha value is -2.54. The zero-order valence-electron chi connectivity index (χ0n) is 13.1. The number of ether oxygens (including phenoxy) is 2. The maximum Gasteiger partial charge on any atom is 0.415 e. The Morgan fingerprint density at radius 2 is 1.92 bits per heavy atom. The van der Waals surface area contributed by atoms with Gasteiger partial charge >= 0.3 is 6.09 Å². The Morgan fingerprint density at radius 1 is 1.17 bits per heavy atom. The number of amides is 1. The highest BCUT2D eigenvalue weighted by Crippen LogP contribution is 2.30. The van der Waals surface area contributed by atoms with Crippen molar-refractivity contribution in [3.05, 3.63) is 52.9 Å². The van der Waals surface area contributed by atoms with Gasteiger partial charge in [-0.1, -0.05) is 0 Å². The second-order valence-electron chi connectivity index (χ2n) is 5.20. The van der Waals surface area contributed by atoms with Gasteiger partial charge in [0, 0.05) is 17.2 Å². The van der Waals surface area contributed by atoms with E-state index in [9.17, 15) is 9.70 Å². The number of carbonyl (C=O) groups excluding carboxylic acids is 1. The van der Waals surface area contributed by atoms with Crippen LogP contribution in [0.25, 0.3) is 0 Å². The van der Waals surface area contributed by atoms with Gasteiger partial charge in [-0.25, -0.2) is 4.79 Å².